The van der Waals surface area contributed by atoms with Crippen LogP contribution >= 0.6 is 23.2 Å². The lowest BCUT2D eigenvalue weighted by molar-refractivity contribution is 0.0583. The quantitative estimate of drug-likeness (QED) is 0.684. The summed E-state index contributed by atoms with van der Waals surface area (Å²) >= 11 is 12.1. The minimum Gasteiger partial charge on any atom is -0.333 e. The van der Waals surface area contributed by atoms with E-state index in [1.165, 1.54) is 0 Å². The van der Waals surface area contributed by atoms with Crippen LogP contribution in [0.15, 0.2) is 57.8 Å². The molecule has 2 heterocycles. The molecular weight excluding hydrogens is 415 g/mol. The monoisotopic (exact) mass is 432 g/mol. The number of nitrogens with one attached hydrogen (secondary N) is 1. The number of benzene rings is 2. The molecule has 1 fully saturated rings. The lowest BCUT2D eigenvalue weighted by Crippen LogP contribution is -2.50. The first-order valence-electron chi connectivity index (χ1n) is 9.11. The van der Waals surface area contributed by atoms with Gasteiger partial charge < -0.3 is 4.90 Å². The van der Waals surface area contributed by atoms with E-state index in [4.69, 9.17) is 23.2 Å². The van der Waals surface area contributed by atoms with Crippen molar-refractivity contribution in [1.29, 1.82) is 0 Å². The second-order valence-corrected chi connectivity index (χ2v) is 7.65. The third kappa shape index (κ3) is 4.37. The maximum Gasteiger partial charge on any atom is 0.439 e. The molecule has 1 aliphatic rings. The number of rotatable bonds is 4. The van der Waals surface area contributed by atoms with Gasteiger partial charge in [-0.2, -0.15) is 0 Å². The van der Waals surface area contributed by atoms with E-state index in [0.717, 1.165) is 11.1 Å². The third-order valence-electron chi connectivity index (χ3n) is 4.98. The van der Waals surface area contributed by atoms with Gasteiger partial charge >= 0.3 is 5.76 Å². The van der Waals surface area contributed by atoms with E-state index in [0.29, 0.717) is 36.2 Å². The maximum atomic E-state index is 12.5. The number of hydrogen-bond acceptors (Lipinski definition) is 5. The molecule has 2 aromatic carbocycles. The SMILES string of the molecule is O=C(c1noc(=O)[nH]1)N1CCN(C(c2ccc(Cl)cc2)c2ccc(Cl)cc2)CC1. The molecule has 0 atom stereocenters. The van der Waals surface area contributed by atoms with Crippen molar-refractivity contribution in [3.63, 3.8) is 0 Å². The number of hydrogen-bond donors (Lipinski definition) is 1. The molecule has 0 aliphatic carbocycles. The van der Waals surface area contributed by atoms with Crippen LogP contribution in [0.5, 0.6) is 0 Å². The summed E-state index contributed by atoms with van der Waals surface area (Å²) < 4.78 is 4.43. The third-order valence-corrected chi connectivity index (χ3v) is 5.48. The van der Waals surface area contributed by atoms with Crippen LogP contribution in [0, 0.1) is 0 Å². The second-order valence-electron chi connectivity index (χ2n) is 6.78. The van der Waals surface area contributed by atoms with Gasteiger partial charge in [0.15, 0.2) is 0 Å². The summed E-state index contributed by atoms with van der Waals surface area (Å²) in [5.41, 5.74) is 2.22. The highest BCUT2D eigenvalue weighted by Gasteiger charge is 2.29. The Kier molecular flexibility index (Phi) is 5.71. The van der Waals surface area contributed by atoms with E-state index in [-0.39, 0.29) is 17.8 Å². The fourth-order valence-corrected chi connectivity index (χ4v) is 3.81. The van der Waals surface area contributed by atoms with Gasteiger partial charge in [0, 0.05) is 36.2 Å². The smallest absolute Gasteiger partial charge is 0.333 e. The number of carbonyl (C=O) groups excluding carboxylic acids is 1. The number of aromatic amines is 1. The van der Waals surface area contributed by atoms with Gasteiger partial charge in [-0.1, -0.05) is 47.5 Å². The average molecular weight is 433 g/mol. The van der Waals surface area contributed by atoms with Crippen LogP contribution in [0.1, 0.15) is 27.8 Å². The minimum absolute atomic E-state index is 0.00800. The van der Waals surface area contributed by atoms with E-state index in [1.807, 2.05) is 48.5 Å². The summed E-state index contributed by atoms with van der Waals surface area (Å²) in [6, 6.07) is 15.6. The maximum absolute atomic E-state index is 12.5. The number of carbonyl (C=O) groups is 1. The molecule has 29 heavy (non-hydrogen) atoms. The van der Waals surface area contributed by atoms with Crippen LogP contribution in [0.3, 0.4) is 0 Å². The van der Waals surface area contributed by atoms with Gasteiger partial charge in [-0.15, -0.1) is 0 Å². The normalized spacial score (nSPS) is 15.1. The zero-order valence-electron chi connectivity index (χ0n) is 15.3. The molecule has 0 saturated carbocycles. The zero-order valence-corrected chi connectivity index (χ0v) is 16.9. The van der Waals surface area contributed by atoms with E-state index in [2.05, 4.69) is 19.6 Å². The van der Waals surface area contributed by atoms with E-state index >= 15 is 0 Å². The Morgan fingerprint density at radius 3 is 1.90 bits per heavy atom. The molecule has 3 aromatic rings. The van der Waals surface area contributed by atoms with Crippen LogP contribution in [0.4, 0.5) is 0 Å². The molecule has 7 nitrogen and oxygen atoms in total. The van der Waals surface area contributed by atoms with Crippen molar-refractivity contribution >= 4 is 29.1 Å². The van der Waals surface area contributed by atoms with E-state index < -0.39 is 5.76 Å². The number of piperazine rings is 1. The van der Waals surface area contributed by atoms with Crippen LogP contribution in [-0.4, -0.2) is 52.0 Å². The Morgan fingerprint density at radius 1 is 0.931 bits per heavy atom. The van der Waals surface area contributed by atoms with Gasteiger partial charge in [0.25, 0.3) is 5.91 Å². The van der Waals surface area contributed by atoms with E-state index in [1.54, 1.807) is 4.90 Å². The molecular formula is C20H18Cl2N4O3. The van der Waals surface area contributed by atoms with Gasteiger partial charge in [0.05, 0.1) is 6.04 Å². The van der Waals surface area contributed by atoms with Gasteiger partial charge in [0.2, 0.25) is 5.82 Å². The molecule has 9 heteroatoms. The standard InChI is InChI=1S/C20H18Cl2N4O3/c21-15-5-1-13(2-6-15)17(14-3-7-16(22)8-4-14)25-9-11-26(12-10-25)19(27)18-23-20(28)29-24-18/h1-8,17H,9-12H2,(H,23,24,28). The highest BCUT2D eigenvalue weighted by molar-refractivity contribution is 6.30. The predicted molar refractivity (Wildman–Crippen MR) is 109 cm³/mol. The Bertz CT molecular complexity index is 993. The fourth-order valence-electron chi connectivity index (χ4n) is 3.56. The molecule has 1 aromatic heterocycles. The van der Waals surface area contributed by atoms with Crippen LogP contribution < -0.4 is 5.76 Å². The van der Waals surface area contributed by atoms with Crippen molar-refractivity contribution in [3.8, 4) is 0 Å². The molecule has 0 bridgehead atoms. The Morgan fingerprint density at radius 2 is 1.45 bits per heavy atom. The Labute approximate surface area is 176 Å². The number of aromatic nitrogens is 2. The van der Waals surface area contributed by atoms with Gasteiger partial charge in [-0.25, -0.2) is 4.79 Å². The van der Waals surface area contributed by atoms with E-state index in [9.17, 15) is 9.59 Å². The second kappa shape index (κ2) is 8.41. The first-order valence-corrected chi connectivity index (χ1v) is 9.87. The molecule has 0 spiro atoms. The number of nitrogens with zero attached hydrogens (tertiary/aromatic N) is 3. The van der Waals surface area contributed by atoms with Crippen molar-refractivity contribution in [2.75, 3.05) is 26.2 Å². The summed E-state index contributed by atoms with van der Waals surface area (Å²) in [7, 11) is 0. The lowest BCUT2D eigenvalue weighted by atomic mass is 9.96. The van der Waals surface area contributed by atoms with Crippen molar-refractivity contribution in [1.82, 2.24) is 19.9 Å². The summed E-state index contributed by atoms with van der Waals surface area (Å²) in [4.78, 5) is 29.9. The molecule has 1 saturated heterocycles. The molecule has 150 valence electrons. The van der Waals surface area contributed by atoms with Crippen LogP contribution in [-0.2, 0) is 0 Å². The largest absolute Gasteiger partial charge is 0.439 e. The van der Waals surface area contributed by atoms with Gasteiger partial charge in [-0.05, 0) is 40.5 Å². The summed E-state index contributed by atoms with van der Waals surface area (Å²) in [5, 5.41) is 4.85. The zero-order chi connectivity index (χ0) is 20.4. The first-order chi connectivity index (χ1) is 14.0. The molecule has 1 aliphatic heterocycles. The van der Waals surface area contributed by atoms with Crippen molar-refractivity contribution in [3.05, 3.63) is 86.1 Å². The number of halogens is 2. The summed E-state index contributed by atoms with van der Waals surface area (Å²) in [6.45, 7) is 2.32. The summed E-state index contributed by atoms with van der Waals surface area (Å²) in [6.07, 6.45) is 0. The molecule has 0 radical (unpaired) electrons. The van der Waals surface area contributed by atoms with Crippen molar-refractivity contribution in [2.24, 2.45) is 0 Å². The predicted octanol–water partition coefficient (Wildman–Crippen LogP) is 3.22. The van der Waals surface area contributed by atoms with Gasteiger partial charge in [-0.3, -0.25) is 19.2 Å². The van der Waals surface area contributed by atoms with Crippen molar-refractivity contribution < 1.29 is 9.32 Å². The Balaban J connectivity index is 1.54. The highest BCUT2D eigenvalue weighted by atomic mass is 35.5. The first kappa shape index (κ1) is 19.7. The fraction of sp³-hybridized carbons (Fsp3) is 0.250. The van der Waals surface area contributed by atoms with Gasteiger partial charge in [0.1, 0.15) is 0 Å². The average Bonchev–Trinajstić information content (AvgIpc) is 3.17. The molecule has 4 rings (SSSR count). The minimum atomic E-state index is -0.738. The lowest BCUT2D eigenvalue weighted by Gasteiger charge is -2.39. The molecule has 1 amide bonds. The molecule has 0 unspecified atom stereocenters. The number of amides is 1. The topological polar surface area (TPSA) is 82.4 Å². The number of H-pyrrole nitrogens is 1. The Hall–Kier alpha value is -2.61. The van der Waals surface area contributed by atoms with Crippen LogP contribution in [0.25, 0.3) is 0 Å². The molecule has 1 N–H and O–H groups in total. The van der Waals surface area contributed by atoms with Crippen LogP contribution in [0.2, 0.25) is 10.0 Å². The highest BCUT2D eigenvalue weighted by Crippen LogP contribution is 2.31. The van der Waals surface area contributed by atoms with Crippen molar-refractivity contribution in [2.45, 2.75) is 6.04 Å². The summed E-state index contributed by atoms with van der Waals surface area (Å²) in [5.74, 6) is -1.15.